The first-order valence-electron chi connectivity index (χ1n) is 12.2. The van der Waals surface area contributed by atoms with Crippen molar-refractivity contribution >= 4 is 52.5 Å². The molecular weight excluding hydrogens is 619 g/mol. The Balaban J connectivity index is 0.000000171. The summed E-state index contributed by atoms with van der Waals surface area (Å²) in [6.07, 6.45) is -2.85. The zero-order valence-electron chi connectivity index (χ0n) is 21.8. The number of aliphatic hydroxyl groups excluding tert-OH is 6. The number of nitrogen functional groups attached to an aromatic ring is 2. The minimum Gasteiger partial charge on any atom is -0.394 e. The number of rotatable bonds is 4. The molecule has 0 radical (unpaired) electrons. The number of nitrogens with two attached hydrogens (primary N) is 2. The third kappa shape index (κ3) is 7.02. The summed E-state index contributed by atoms with van der Waals surface area (Å²) in [6.45, 7) is -4.59. The van der Waals surface area contributed by atoms with E-state index in [1.54, 1.807) is 0 Å². The van der Waals surface area contributed by atoms with Gasteiger partial charge in [0, 0.05) is 0 Å². The molecule has 2 aliphatic heterocycles. The maximum Gasteiger partial charge on any atom is 0.319 e. The number of nitrogens with zero attached hydrogens (tertiary/aromatic N) is 8. The molecule has 2 aliphatic rings. The van der Waals surface area contributed by atoms with E-state index in [0.717, 1.165) is 0 Å². The molecule has 6 heterocycles. The monoisotopic (exact) mass is 648 g/mol. The van der Waals surface area contributed by atoms with Crippen molar-refractivity contribution in [2.75, 3.05) is 24.7 Å². The van der Waals surface area contributed by atoms with Crippen molar-refractivity contribution in [2.24, 2.45) is 0 Å². The molecule has 2 saturated heterocycles. The van der Waals surface area contributed by atoms with Crippen molar-refractivity contribution < 1.29 is 54.8 Å². The van der Waals surface area contributed by atoms with E-state index in [9.17, 15) is 20.4 Å². The van der Waals surface area contributed by atoms with E-state index in [1.165, 1.54) is 34.4 Å². The van der Waals surface area contributed by atoms with Gasteiger partial charge in [0.1, 0.15) is 60.3 Å². The van der Waals surface area contributed by atoms with Crippen molar-refractivity contribution in [3.05, 3.63) is 25.3 Å². The lowest BCUT2D eigenvalue weighted by Crippen LogP contribution is -2.33. The summed E-state index contributed by atoms with van der Waals surface area (Å²) in [5, 5.41) is 57.5. The van der Waals surface area contributed by atoms with Gasteiger partial charge in [-0.15, -0.1) is 0 Å². The fraction of sp³-hybridized carbons (Fsp3) is 0.500. The molecular formula is C20H29N10O11PS. The smallest absolute Gasteiger partial charge is 0.319 e. The van der Waals surface area contributed by atoms with Crippen LogP contribution in [0.4, 0.5) is 11.6 Å². The van der Waals surface area contributed by atoms with Gasteiger partial charge in [0.2, 0.25) is 0 Å². The Morgan fingerprint density at radius 3 is 1.33 bits per heavy atom. The lowest BCUT2D eigenvalue weighted by atomic mass is 10.1. The van der Waals surface area contributed by atoms with Gasteiger partial charge in [0.05, 0.1) is 25.9 Å². The van der Waals surface area contributed by atoms with Crippen LogP contribution in [0.1, 0.15) is 12.5 Å². The summed E-state index contributed by atoms with van der Waals surface area (Å²) in [5.41, 5.74) is 12.9. The van der Waals surface area contributed by atoms with E-state index in [4.69, 9.17) is 45.8 Å². The van der Waals surface area contributed by atoms with Gasteiger partial charge in [-0.1, -0.05) is 0 Å². The highest BCUT2D eigenvalue weighted by atomic mass is 32.5. The van der Waals surface area contributed by atoms with Crippen LogP contribution in [0.2, 0.25) is 0 Å². The van der Waals surface area contributed by atoms with Gasteiger partial charge >= 0.3 is 6.72 Å². The van der Waals surface area contributed by atoms with Gasteiger partial charge in [-0.2, -0.15) is 0 Å². The first-order chi connectivity index (χ1) is 20.3. The van der Waals surface area contributed by atoms with Crippen LogP contribution in [-0.4, -0.2) is 134 Å². The largest absolute Gasteiger partial charge is 0.394 e. The quantitative estimate of drug-likeness (QED) is 0.0925. The summed E-state index contributed by atoms with van der Waals surface area (Å²) in [6, 6.07) is 0. The molecule has 0 saturated carbocycles. The number of aliphatic hydroxyl groups is 6. The zero-order chi connectivity index (χ0) is 31.6. The van der Waals surface area contributed by atoms with Gasteiger partial charge in [0.15, 0.2) is 35.4 Å². The van der Waals surface area contributed by atoms with Gasteiger partial charge in [-0.25, -0.2) is 29.9 Å². The Morgan fingerprint density at radius 1 is 0.674 bits per heavy atom. The van der Waals surface area contributed by atoms with Crippen LogP contribution in [0.25, 0.3) is 22.3 Å². The topological polar surface area (TPSA) is 340 Å². The molecule has 13 N–H and O–H groups in total. The van der Waals surface area contributed by atoms with E-state index in [2.05, 4.69) is 41.7 Å². The molecule has 0 aromatic carbocycles. The highest BCUT2D eigenvalue weighted by Gasteiger charge is 2.45. The SMILES string of the molecule is Nc1ncnc2c1ncn2[C@@H]1O[C@H](CO)[C@@H](O)[C@H]1O.Nc1ncnc2c1ncn2[C@@H]1O[C@H](CO)[C@@H](O)[C@H]1O.OP(O)(O)=S. The molecule has 43 heavy (non-hydrogen) atoms. The molecule has 236 valence electrons. The van der Waals surface area contributed by atoms with Gasteiger partial charge in [-0.05, 0) is 11.8 Å². The van der Waals surface area contributed by atoms with Gasteiger partial charge in [-0.3, -0.25) is 9.13 Å². The van der Waals surface area contributed by atoms with Crippen molar-refractivity contribution in [1.29, 1.82) is 0 Å². The molecule has 8 atom stereocenters. The minimum absolute atomic E-state index is 0.218. The van der Waals surface area contributed by atoms with Crippen molar-refractivity contribution in [1.82, 2.24) is 39.0 Å². The van der Waals surface area contributed by atoms with Crippen molar-refractivity contribution in [3.8, 4) is 0 Å². The van der Waals surface area contributed by atoms with E-state index in [-0.39, 0.29) is 11.6 Å². The van der Waals surface area contributed by atoms with Crippen LogP contribution >= 0.6 is 6.72 Å². The second-order valence-electron chi connectivity index (χ2n) is 9.14. The van der Waals surface area contributed by atoms with Crippen LogP contribution in [-0.2, 0) is 21.3 Å². The van der Waals surface area contributed by atoms with Crippen LogP contribution in [0.3, 0.4) is 0 Å². The first-order valence-corrected chi connectivity index (χ1v) is 14.8. The summed E-state index contributed by atoms with van der Waals surface area (Å²) in [5.74, 6) is 0.436. The van der Waals surface area contributed by atoms with Crippen LogP contribution < -0.4 is 11.5 Å². The Hall–Kier alpha value is -3.09. The Kier molecular flexibility index (Phi) is 10.1. The van der Waals surface area contributed by atoms with Crippen molar-refractivity contribution in [2.45, 2.75) is 49.1 Å². The second-order valence-corrected chi connectivity index (χ2v) is 11.6. The van der Waals surface area contributed by atoms with E-state index in [0.29, 0.717) is 22.3 Å². The Bertz CT molecular complexity index is 1480. The predicted octanol–water partition coefficient (Wildman–Crippen LogP) is -4.77. The molecule has 0 unspecified atom stereocenters. The summed E-state index contributed by atoms with van der Waals surface area (Å²) >= 11 is 3.60. The Labute approximate surface area is 245 Å². The third-order valence-electron chi connectivity index (χ3n) is 6.36. The number of hydrogen-bond donors (Lipinski definition) is 11. The average molecular weight is 649 g/mol. The van der Waals surface area contributed by atoms with E-state index >= 15 is 0 Å². The first kappa shape index (κ1) is 32.8. The molecule has 0 amide bonds. The van der Waals surface area contributed by atoms with E-state index < -0.39 is 69.0 Å². The lowest BCUT2D eigenvalue weighted by molar-refractivity contribution is -0.0511. The molecule has 0 aliphatic carbocycles. The van der Waals surface area contributed by atoms with Crippen LogP contribution in [0, 0.1) is 0 Å². The van der Waals surface area contributed by atoms with Crippen molar-refractivity contribution in [3.63, 3.8) is 0 Å². The normalized spacial score (nSPS) is 28.9. The third-order valence-corrected chi connectivity index (χ3v) is 6.36. The number of imidazole rings is 2. The molecule has 6 rings (SSSR count). The Morgan fingerprint density at radius 2 is 1.02 bits per heavy atom. The molecule has 21 nitrogen and oxygen atoms in total. The molecule has 4 aromatic rings. The number of ether oxygens (including phenoxy) is 2. The van der Waals surface area contributed by atoms with E-state index in [1.807, 2.05) is 0 Å². The van der Waals surface area contributed by atoms with Crippen LogP contribution in [0.5, 0.6) is 0 Å². The fourth-order valence-corrected chi connectivity index (χ4v) is 4.33. The maximum atomic E-state index is 9.95. The van der Waals surface area contributed by atoms with Crippen LogP contribution in [0.15, 0.2) is 25.3 Å². The van der Waals surface area contributed by atoms with Gasteiger partial charge in [0.25, 0.3) is 0 Å². The molecule has 4 aromatic heterocycles. The summed E-state index contributed by atoms with van der Waals surface area (Å²) in [4.78, 5) is 46.5. The summed E-state index contributed by atoms with van der Waals surface area (Å²) in [7, 11) is 0. The van der Waals surface area contributed by atoms with Gasteiger partial charge < -0.3 is 66.3 Å². The molecule has 2 fully saturated rings. The number of hydrogen-bond acceptors (Lipinski definition) is 17. The highest BCUT2D eigenvalue weighted by Crippen LogP contribution is 2.33. The average Bonchev–Trinajstić information content (AvgIpc) is 3.70. The zero-order valence-corrected chi connectivity index (χ0v) is 23.5. The highest BCUT2D eigenvalue weighted by molar-refractivity contribution is 8.06. The standard InChI is InChI=1S/2C10H13N5O4.H3O3PS/c2*11-8-5-9(13-2-12-8)15(3-14-5)10-7(18)6(17)4(1-16)19-10;1-4(2,3)5/h2*2-4,6-7,10,16-18H,1H2,(H2,11,12,13);(H3,1,2,3,5)/t2*4-,6-,7-,10-;/m11./s1. The predicted molar refractivity (Wildman–Crippen MR) is 146 cm³/mol. The second kappa shape index (κ2) is 13.3. The number of aromatic nitrogens is 8. The summed E-state index contributed by atoms with van der Waals surface area (Å²) < 4.78 is 13.7. The molecule has 0 spiro atoms. The maximum absolute atomic E-state index is 9.95. The number of fused-ring (bicyclic) bond motifs is 2. The lowest BCUT2D eigenvalue weighted by Gasteiger charge is -2.16. The molecule has 0 bridgehead atoms. The molecule has 23 heteroatoms. The number of anilines is 2. The minimum atomic E-state index is -3.81. The fourth-order valence-electron chi connectivity index (χ4n) is 4.33.